The van der Waals surface area contributed by atoms with Gasteiger partial charge in [-0.05, 0) is 35.9 Å². The van der Waals surface area contributed by atoms with Crippen LogP contribution in [-0.2, 0) is 4.74 Å². The third-order valence-corrected chi connectivity index (χ3v) is 6.17. The molecule has 2 aromatic rings. The van der Waals surface area contributed by atoms with E-state index in [1.54, 1.807) is 12.1 Å². The van der Waals surface area contributed by atoms with Gasteiger partial charge in [0.1, 0.15) is 18.2 Å². The maximum atomic E-state index is 8.89. The van der Waals surface area contributed by atoms with E-state index in [0.29, 0.717) is 5.92 Å². The van der Waals surface area contributed by atoms with Gasteiger partial charge in [-0.25, -0.2) is 0 Å². The first kappa shape index (κ1) is 16.8. The van der Waals surface area contributed by atoms with Crippen LogP contribution in [0.25, 0.3) is 0 Å². The number of nitriles is 2. The highest BCUT2D eigenvalue weighted by molar-refractivity contribution is 7.10. The second kappa shape index (κ2) is 7.29. The summed E-state index contributed by atoms with van der Waals surface area (Å²) < 4.78 is 6.55. The van der Waals surface area contributed by atoms with Crippen LogP contribution < -0.4 is 5.43 Å². The van der Waals surface area contributed by atoms with E-state index in [2.05, 4.69) is 22.0 Å². The predicted octanol–water partition coefficient (Wildman–Crippen LogP) is 4.71. The third-order valence-electron chi connectivity index (χ3n) is 5.10. The summed E-state index contributed by atoms with van der Waals surface area (Å²) in [6.45, 7) is 0. The Labute approximate surface area is 156 Å². The molecule has 0 amide bonds. The predicted molar refractivity (Wildman–Crippen MR) is 101 cm³/mol. The van der Waals surface area contributed by atoms with Crippen molar-refractivity contribution in [1.29, 1.82) is 10.5 Å². The molecule has 2 aliphatic rings. The summed E-state index contributed by atoms with van der Waals surface area (Å²) in [4.78, 5) is 1.44. The van der Waals surface area contributed by atoms with Gasteiger partial charge in [-0.15, -0.1) is 11.3 Å². The summed E-state index contributed by atoms with van der Waals surface area (Å²) in [5.41, 5.74) is 5.64. The maximum Gasteiger partial charge on any atom is 0.237 e. The van der Waals surface area contributed by atoms with Gasteiger partial charge in [-0.2, -0.15) is 15.6 Å². The number of para-hydroxylation sites is 1. The molecular formula is C20H18N4OS. The first-order valence-corrected chi connectivity index (χ1v) is 9.65. The molecule has 26 heavy (non-hydrogen) atoms. The third kappa shape index (κ3) is 2.99. The molecule has 0 saturated heterocycles. The van der Waals surface area contributed by atoms with Crippen LogP contribution in [0.2, 0.25) is 0 Å². The number of anilines is 1. The van der Waals surface area contributed by atoms with Crippen molar-refractivity contribution >= 4 is 22.7 Å². The summed E-state index contributed by atoms with van der Waals surface area (Å²) in [7, 11) is 0. The summed E-state index contributed by atoms with van der Waals surface area (Å²) >= 11 is 1.83. The van der Waals surface area contributed by atoms with Crippen LogP contribution in [0, 0.1) is 22.7 Å². The fourth-order valence-electron chi connectivity index (χ4n) is 3.92. The smallest absolute Gasteiger partial charge is 0.237 e. The lowest BCUT2D eigenvalue weighted by Crippen LogP contribution is -2.32. The van der Waals surface area contributed by atoms with E-state index < -0.39 is 0 Å². The Morgan fingerprint density at radius 2 is 1.92 bits per heavy atom. The van der Waals surface area contributed by atoms with Gasteiger partial charge < -0.3 is 4.74 Å². The Bertz CT molecular complexity index is 904. The van der Waals surface area contributed by atoms with Crippen molar-refractivity contribution in [3.63, 3.8) is 0 Å². The molecule has 0 bridgehead atoms. The fraction of sp³-hybridized carbons (Fsp3) is 0.350. The van der Waals surface area contributed by atoms with Crippen LogP contribution in [0.15, 0.2) is 40.8 Å². The van der Waals surface area contributed by atoms with Crippen LogP contribution in [0.1, 0.15) is 53.7 Å². The van der Waals surface area contributed by atoms with Gasteiger partial charge in [0, 0.05) is 16.4 Å². The van der Waals surface area contributed by atoms with Crippen molar-refractivity contribution in [2.24, 2.45) is 5.10 Å². The highest BCUT2D eigenvalue weighted by atomic mass is 32.1. The van der Waals surface area contributed by atoms with Crippen LogP contribution >= 0.6 is 11.3 Å². The number of nitrogens with zero attached hydrogens (tertiary/aromatic N) is 3. The number of ether oxygens (including phenoxy) is 1. The number of nitrogens with one attached hydrogen (secondary N) is 1. The van der Waals surface area contributed by atoms with E-state index in [1.165, 1.54) is 29.7 Å². The summed E-state index contributed by atoms with van der Waals surface area (Å²) in [5, 5.41) is 23.8. The number of hydrogen-bond donors (Lipinski definition) is 1. The van der Waals surface area contributed by atoms with Crippen LogP contribution in [0.4, 0.5) is 5.69 Å². The monoisotopic (exact) mass is 362 g/mol. The Balaban J connectivity index is 1.71. The van der Waals surface area contributed by atoms with Crippen LogP contribution in [-0.4, -0.2) is 11.8 Å². The van der Waals surface area contributed by atoms with Crippen LogP contribution in [0.5, 0.6) is 0 Å². The lowest BCUT2D eigenvalue weighted by Gasteiger charge is -2.40. The average Bonchev–Trinajstić information content (AvgIpc) is 3.19. The molecule has 4 rings (SSSR count). The van der Waals surface area contributed by atoms with E-state index in [-0.39, 0.29) is 17.9 Å². The fourth-order valence-corrected chi connectivity index (χ4v) is 5.03. The lowest BCUT2D eigenvalue weighted by atomic mass is 9.80. The minimum Gasteiger partial charge on any atom is -0.365 e. The van der Waals surface area contributed by atoms with Gasteiger partial charge >= 0.3 is 0 Å². The Kier molecular flexibility index (Phi) is 4.71. The molecule has 1 aliphatic carbocycles. The average molecular weight is 362 g/mol. The standard InChI is InChI=1S/C20H18N4OS/c21-11-13(12-22)23-24-17-7-3-1-5-14(17)19-16-9-10-26-20(16)15-6-2-4-8-18(15)25-19/h1,3,5,7,9-10,15,18-19,24H,2,4,6,8H2. The molecule has 1 saturated carbocycles. The quantitative estimate of drug-likeness (QED) is 0.633. The van der Waals surface area contributed by atoms with E-state index in [9.17, 15) is 0 Å². The van der Waals surface area contributed by atoms with E-state index in [1.807, 2.05) is 35.6 Å². The minimum atomic E-state index is -0.201. The number of hydrazone groups is 1. The molecule has 1 aliphatic heterocycles. The molecule has 130 valence electrons. The number of benzene rings is 1. The zero-order valence-electron chi connectivity index (χ0n) is 14.2. The molecule has 6 heteroatoms. The maximum absolute atomic E-state index is 8.89. The molecule has 1 aromatic heterocycles. The minimum absolute atomic E-state index is 0.151. The second-order valence-electron chi connectivity index (χ2n) is 6.57. The SMILES string of the molecule is N#CC(C#N)=NNc1ccccc1C1OC2CCCCC2c2sccc21. The normalized spacial score (nSPS) is 23.7. The van der Waals surface area contributed by atoms with E-state index in [0.717, 1.165) is 17.7 Å². The molecule has 1 fully saturated rings. The molecule has 1 N–H and O–H groups in total. The molecule has 3 unspecified atom stereocenters. The highest BCUT2D eigenvalue weighted by Gasteiger charge is 2.39. The van der Waals surface area contributed by atoms with Crippen molar-refractivity contribution in [2.45, 2.75) is 43.8 Å². The van der Waals surface area contributed by atoms with Gasteiger partial charge in [0.25, 0.3) is 0 Å². The zero-order valence-corrected chi connectivity index (χ0v) is 15.0. The molecule has 0 radical (unpaired) electrons. The molecule has 2 heterocycles. The number of rotatable bonds is 3. The first-order chi connectivity index (χ1) is 12.8. The first-order valence-electron chi connectivity index (χ1n) is 8.77. The number of fused-ring (bicyclic) bond motifs is 3. The van der Waals surface area contributed by atoms with Crippen molar-refractivity contribution < 1.29 is 4.74 Å². The van der Waals surface area contributed by atoms with Crippen molar-refractivity contribution in [2.75, 3.05) is 5.43 Å². The van der Waals surface area contributed by atoms with Crippen LogP contribution in [0.3, 0.4) is 0 Å². The Morgan fingerprint density at radius 3 is 2.77 bits per heavy atom. The summed E-state index contributed by atoms with van der Waals surface area (Å²) in [6, 6.07) is 13.5. The lowest BCUT2D eigenvalue weighted by molar-refractivity contribution is -0.0371. The molecular weight excluding hydrogens is 344 g/mol. The van der Waals surface area contributed by atoms with Gasteiger partial charge in [0.2, 0.25) is 5.71 Å². The Morgan fingerprint density at radius 1 is 1.12 bits per heavy atom. The second-order valence-corrected chi connectivity index (χ2v) is 7.52. The number of hydrogen-bond acceptors (Lipinski definition) is 6. The zero-order chi connectivity index (χ0) is 17.9. The molecule has 0 spiro atoms. The van der Waals surface area contributed by atoms with Gasteiger partial charge in [-0.1, -0.05) is 31.0 Å². The summed E-state index contributed by atoms with van der Waals surface area (Å²) in [6.07, 6.45) is 4.88. The van der Waals surface area contributed by atoms with Crippen molar-refractivity contribution in [3.8, 4) is 12.1 Å². The van der Waals surface area contributed by atoms with Crippen molar-refractivity contribution in [1.82, 2.24) is 0 Å². The topological polar surface area (TPSA) is 81.2 Å². The molecule has 1 aromatic carbocycles. The highest BCUT2D eigenvalue weighted by Crippen LogP contribution is 2.49. The van der Waals surface area contributed by atoms with Gasteiger partial charge in [-0.3, -0.25) is 5.43 Å². The van der Waals surface area contributed by atoms with Crippen molar-refractivity contribution in [3.05, 3.63) is 51.7 Å². The molecule has 5 nitrogen and oxygen atoms in total. The van der Waals surface area contributed by atoms with E-state index in [4.69, 9.17) is 15.3 Å². The summed E-state index contributed by atoms with van der Waals surface area (Å²) in [5.74, 6) is 0.511. The van der Waals surface area contributed by atoms with E-state index >= 15 is 0 Å². The molecule has 3 atom stereocenters. The Hall–Kier alpha value is -2.67. The van der Waals surface area contributed by atoms with Gasteiger partial charge in [0.15, 0.2) is 0 Å². The van der Waals surface area contributed by atoms with Gasteiger partial charge in [0.05, 0.1) is 11.8 Å². The number of thiophene rings is 1. The largest absolute Gasteiger partial charge is 0.365 e.